The number of benzene rings is 1. The number of pyridine rings is 1. The molecule has 0 aliphatic rings. The lowest BCUT2D eigenvalue weighted by molar-refractivity contribution is -0.393. The van der Waals surface area contributed by atoms with Gasteiger partial charge < -0.3 is 14.0 Å². The van der Waals surface area contributed by atoms with Gasteiger partial charge in [0.05, 0.1) is 15.9 Å². The van der Waals surface area contributed by atoms with Gasteiger partial charge in [0.1, 0.15) is 5.52 Å². The lowest BCUT2D eigenvalue weighted by atomic mass is 10.0. The molecule has 2 aromatic rings. The summed E-state index contributed by atoms with van der Waals surface area (Å²) >= 11 is 0. The molecular weight excluding hydrogens is 346 g/mol. The molecule has 1 aromatic heterocycles. The van der Waals surface area contributed by atoms with Crippen LogP contribution in [0.15, 0.2) is 23.0 Å². The Morgan fingerprint density at radius 1 is 1.08 bits per heavy atom. The first-order chi connectivity index (χ1) is 12.3. The first-order valence-electron chi connectivity index (χ1n) is 7.98. The van der Waals surface area contributed by atoms with Crippen LogP contribution in [0.25, 0.3) is 10.9 Å². The molecule has 0 amide bonds. The van der Waals surface area contributed by atoms with Crippen LogP contribution in [0.4, 0.5) is 11.4 Å². The molecule has 0 N–H and O–H groups in total. The fourth-order valence-corrected chi connectivity index (χ4v) is 2.77. The van der Waals surface area contributed by atoms with Crippen LogP contribution in [0.3, 0.4) is 0 Å². The summed E-state index contributed by atoms with van der Waals surface area (Å²) in [5.41, 5.74) is -0.971. The van der Waals surface area contributed by atoms with Crippen molar-refractivity contribution in [3.63, 3.8) is 0 Å². The van der Waals surface area contributed by atoms with Crippen molar-refractivity contribution in [2.75, 3.05) is 13.2 Å². The third kappa shape index (κ3) is 3.86. The average molecular weight is 365 g/mol. The smallest absolute Gasteiger partial charge is 0.300 e. The Morgan fingerprint density at radius 2 is 1.69 bits per heavy atom. The predicted octanol–water partition coefficient (Wildman–Crippen LogP) is 2.30. The third-order valence-electron chi connectivity index (χ3n) is 3.88. The number of rotatable bonds is 8. The lowest BCUT2D eigenvalue weighted by Crippen LogP contribution is -2.23. The predicted molar refractivity (Wildman–Crippen MR) is 93.2 cm³/mol. The highest BCUT2D eigenvalue weighted by Gasteiger charge is 2.24. The van der Waals surface area contributed by atoms with Gasteiger partial charge in [0, 0.05) is 44.2 Å². The molecule has 0 aliphatic heterocycles. The number of hydrogen-bond donors (Lipinski definition) is 0. The molecule has 0 radical (unpaired) electrons. The third-order valence-corrected chi connectivity index (χ3v) is 3.88. The van der Waals surface area contributed by atoms with Gasteiger partial charge in [-0.25, -0.2) is 0 Å². The van der Waals surface area contributed by atoms with Gasteiger partial charge in [0.15, 0.2) is 6.29 Å². The van der Waals surface area contributed by atoms with Crippen LogP contribution in [0.5, 0.6) is 0 Å². The van der Waals surface area contributed by atoms with E-state index in [1.807, 2.05) is 0 Å². The monoisotopic (exact) mass is 365 g/mol. The highest BCUT2D eigenvalue weighted by atomic mass is 16.7. The minimum absolute atomic E-state index is 0.0230. The molecule has 0 fully saturated rings. The molecule has 0 saturated heterocycles. The Kier molecular flexibility index (Phi) is 6.01. The summed E-state index contributed by atoms with van der Waals surface area (Å²) in [4.78, 5) is 33.4. The van der Waals surface area contributed by atoms with Crippen LogP contribution in [-0.4, -0.2) is 33.9 Å². The molecule has 0 spiro atoms. The lowest BCUT2D eigenvalue weighted by Gasteiger charge is -2.18. The highest BCUT2D eigenvalue weighted by molar-refractivity contribution is 5.92. The average Bonchev–Trinajstić information content (AvgIpc) is 2.58. The zero-order valence-corrected chi connectivity index (χ0v) is 14.6. The summed E-state index contributed by atoms with van der Waals surface area (Å²) in [6, 6.07) is 3.38. The maximum atomic E-state index is 12.3. The molecule has 10 heteroatoms. The topological polar surface area (TPSA) is 127 Å². The molecule has 140 valence electrons. The van der Waals surface area contributed by atoms with Gasteiger partial charge >= 0.3 is 0 Å². The summed E-state index contributed by atoms with van der Waals surface area (Å²) in [7, 11) is 1.38. The van der Waals surface area contributed by atoms with Crippen LogP contribution in [0, 0.1) is 20.2 Å². The molecule has 2 rings (SSSR count). The second-order valence-electron chi connectivity index (χ2n) is 5.49. The fourth-order valence-electron chi connectivity index (χ4n) is 2.77. The molecule has 10 nitrogen and oxygen atoms in total. The molecule has 0 atom stereocenters. The zero-order chi connectivity index (χ0) is 19.4. The second kappa shape index (κ2) is 8.02. The Balaban J connectivity index is 2.78. The quantitative estimate of drug-likeness (QED) is 0.399. The van der Waals surface area contributed by atoms with E-state index in [4.69, 9.17) is 9.47 Å². The van der Waals surface area contributed by atoms with Crippen molar-refractivity contribution in [1.82, 2.24) is 4.57 Å². The Morgan fingerprint density at radius 3 is 2.19 bits per heavy atom. The van der Waals surface area contributed by atoms with Gasteiger partial charge in [-0.15, -0.1) is 0 Å². The summed E-state index contributed by atoms with van der Waals surface area (Å²) in [6.07, 6.45) is -0.536. The van der Waals surface area contributed by atoms with Crippen molar-refractivity contribution in [2.45, 2.75) is 26.6 Å². The number of fused-ring (bicyclic) bond motifs is 1. The van der Waals surface area contributed by atoms with E-state index in [1.165, 1.54) is 19.2 Å². The number of nitrogens with zero attached hydrogens (tertiary/aromatic N) is 3. The Labute approximate surface area is 148 Å². The number of non-ortho nitro benzene ring substituents is 2. The number of hydrogen-bond acceptors (Lipinski definition) is 7. The van der Waals surface area contributed by atoms with Gasteiger partial charge in [-0.1, -0.05) is 0 Å². The van der Waals surface area contributed by atoms with Crippen molar-refractivity contribution < 1.29 is 19.3 Å². The molecule has 0 unspecified atom stereocenters. The molecule has 0 aliphatic carbocycles. The van der Waals surface area contributed by atoms with Crippen LogP contribution < -0.4 is 5.56 Å². The van der Waals surface area contributed by atoms with Crippen LogP contribution in [0.2, 0.25) is 0 Å². The number of nitro benzene ring substituents is 2. The molecule has 1 aromatic carbocycles. The standard InChI is InChI=1S/C16H19N3O7/c1-4-25-15(26-5-2)7-10-6-14(20)17(3)16-12(10)8-11(18(21)22)9-13(16)19(23)24/h6,8-9,15H,4-5,7H2,1-3H3. The van der Waals surface area contributed by atoms with Gasteiger partial charge in [0.2, 0.25) is 0 Å². The number of aryl methyl sites for hydroxylation is 1. The van der Waals surface area contributed by atoms with Crippen molar-refractivity contribution >= 4 is 22.3 Å². The first-order valence-corrected chi connectivity index (χ1v) is 7.98. The van der Waals surface area contributed by atoms with Gasteiger partial charge in [-0.05, 0) is 19.4 Å². The summed E-state index contributed by atoms with van der Waals surface area (Å²) in [5, 5.41) is 22.8. The van der Waals surface area contributed by atoms with Crippen molar-refractivity contribution in [3.8, 4) is 0 Å². The maximum absolute atomic E-state index is 12.3. The van der Waals surface area contributed by atoms with E-state index in [-0.39, 0.29) is 17.3 Å². The zero-order valence-electron chi connectivity index (χ0n) is 14.6. The number of ether oxygens (including phenoxy) is 2. The van der Waals surface area contributed by atoms with Gasteiger partial charge in [-0.3, -0.25) is 25.0 Å². The van der Waals surface area contributed by atoms with Crippen molar-refractivity contribution in [3.05, 3.63) is 54.3 Å². The molecule has 26 heavy (non-hydrogen) atoms. The second-order valence-corrected chi connectivity index (χ2v) is 5.49. The molecule has 0 bridgehead atoms. The van der Waals surface area contributed by atoms with E-state index in [0.29, 0.717) is 18.8 Å². The summed E-state index contributed by atoms with van der Waals surface area (Å²) in [5.74, 6) is 0. The number of nitro groups is 2. The van der Waals surface area contributed by atoms with E-state index in [2.05, 4.69) is 0 Å². The van der Waals surface area contributed by atoms with Crippen molar-refractivity contribution in [2.24, 2.45) is 7.05 Å². The molecule has 0 saturated carbocycles. The van der Waals surface area contributed by atoms with E-state index in [9.17, 15) is 25.0 Å². The van der Waals surface area contributed by atoms with Crippen LogP contribution >= 0.6 is 0 Å². The van der Waals surface area contributed by atoms with Crippen LogP contribution in [0.1, 0.15) is 19.4 Å². The molecular formula is C16H19N3O7. The Bertz CT molecular complexity index is 901. The highest BCUT2D eigenvalue weighted by Crippen LogP contribution is 2.32. The summed E-state index contributed by atoms with van der Waals surface area (Å²) < 4.78 is 12.0. The van der Waals surface area contributed by atoms with E-state index in [0.717, 1.165) is 10.6 Å². The number of aromatic nitrogens is 1. The first kappa shape index (κ1) is 19.5. The SMILES string of the molecule is CCOC(Cc1cc(=O)n(C)c2c([N+](=O)[O-])cc([N+](=O)[O-])cc12)OCC. The van der Waals surface area contributed by atoms with Gasteiger partial charge in [-0.2, -0.15) is 0 Å². The Hall–Kier alpha value is -2.85. The van der Waals surface area contributed by atoms with E-state index < -0.39 is 33.1 Å². The van der Waals surface area contributed by atoms with Crippen LogP contribution in [-0.2, 0) is 22.9 Å². The van der Waals surface area contributed by atoms with E-state index in [1.54, 1.807) is 13.8 Å². The fraction of sp³-hybridized carbons (Fsp3) is 0.438. The minimum Gasteiger partial charge on any atom is -0.353 e. The normalized spacial score (nSPS) is 11.2. The summed E-state index contributed by atoms with van der Waals surface area (Å²) in [6.45, 7) is 4.30. The minimum atomic E-state index is -0.735. The molecule has 1 heterocycles. The van der Waals surface area contributed by atoms with Gasteiger partial charge in [0.25, 0.3) is 16.9 Å². The largest absolute Gasteiger partial charge is 0.353 e. The van der Waals surface area contributed by atoms with Crippen molar-refractivity contribution in [1.29, 1.82) is 0 Å². The van der Waals surface area contributed by atoms with E-state index >= 15 is 0 Å². The maximum Gasteiger partial charge on any atom is 0.300 e.